The normalized spacial score (nSPS) is 26.5. The molecule has 0 heterocycles. The van der Waals surface area contributed by atoms with E-state index < -0.39 is 6.17 Å². The molecule has 1 unspecified atom stereocenters. The molecule has 1 fully saturated rings. The summed E-state index contributed by atoms with van der Waals surface area (Å²) in [5.74, 6) is 0. The summed E-state index contributed by atoms with van der Waals surface area (Å²) >= 11 is 0. The van der Waals surface area contributed by atoms with Crippen LogP contribution >= 0.6 is 0 Å². The zero-order chi connectivity index (χ0) is 8.32. The van der Waals surface area contributed by atoms with Crippen LogP contribution < -0.4 is 5.73 Å². The van der Waals surface area contributed by atoms with Crippen LogP contribution in [0.3, 0.4) is 0 Å². The molecule has 0 bridgehead atoms. The van der Waals surface area contributed by atoms with E-state index in [1.165, 1.54) is 6.42 Å². The Morgan fingerprint density at radius 2 is 1.91 bits per heavy atom. The van der Waals surface area contributed by atoms with Crippen molar-refractivity contribution in [1.29, 1.82) is 0 Å². The first-order valence-corrected chi connectivity index (χ1v) is 4.55. The number of alkyl halides is 1. The molecule has 0 spiro atoms. The summed E-state index contributed by atoms with van der Waals surface area (Å²) in [5, 5.41) is 0. The van der Waals surface area contributed by atoms with Crippen LogP contribution in [0.1, 0.15) is 39.0 Å². The maximum absolute atomic E-state index is 13.2. The lowest BCUT2D eigenvalue weighted by Crippen LogP contribution is -2.39. The zero-order valence-electron chi connectivity index (χ0n) is 7.28. The first-order valence-electron chi connectivity index (χ1n) is 4.55. The average Bonchev–Trinajstić information content (AvgIpc) is 2.05. The first-order chi connectivity index (χ1) is 5.21. The molecule has 2 N–H and O–H groups in total. The van der Waals surface area contributed by atoms with Crippen molar-refractivity contribution in [3.8, 4) is 0 Å². The quantitative estimate of drug-likeness (QED) is 0.657. The van der Waals surface area contributed by atoms with Gasteiger partial charge < -0.3 is 5.73 Å². The maximum Gasteiger partial charge on any atom is 0.104 e. The monoisotopic (exact) mass is 159 g/mol. The van der Waals surface area contributed by atoms with E-state index in [4.69, 9.17) is 5.73 Å². The third-order valence-corrected chi connectivity index (χ3v) is 3.10. The van der Waals surface area contributed by atoms with E-state index in [1.807, 2.05) is 0 Å². The molecule has 0 aromatic carbocycles. The van der Waals surface area contributed by atoms with Gasteiger partial charge in [0.25, 0.3) is 0 Å². The van der Waals surface area contributed by atoms with Crippen LogP contribution in [-0.2, 0) is 0 Å². The van der Waals surface area contributed by atoms with Gasteiger partial charge in [-0.3, -0.25) is 0 Å². The third-order valence-electron chi connectivity index (χ3n) is 3.10. The molecule has 0 aromatic heterocycles. The number of hydrogen-bond acceptors (Lipinski definition) is 1. The van der Waals surface area contributed by atoms with Gasteiger partial charge in [0.1, 0.15) is 6.17 Å². The van der Waals surface area contributed by atoms with E-state index in [1.54, 1.807) is 6.92 Å². The Morgan fingerprint density at radius 3 is 2.18 bits per heavy atom. The van der Waals surface area contributed by atoms with Crippen LogP contribution in [0, 0.1) is 5.41 Å². The lowest BCUT2D eigenvalue weighted by Gasteiger charge is -2.37. The molecule has 11 heavy (non-hydrogen) atoms. The van der Waals surface area contributed by atoms with Gasteiger partial charge in [0, 0.05) is 12.0 Å². The van der Waals surface area contributed by atoms with Gasteiger partial charge >= 0.3 is 0 Å². The SMILES string of the molecule is CC(F)C1(CN)CCCCC1. The molecule has 0 aromatic rings. The summed E-state index contributed by atoms with van der Waals surface area (Å²) in [4.78, 5) is 0. The summed E-state index contributed by atoms with van der Waals surface area (Å²) in [6.45, 7) is 2.17. The molecule has 0 radical (unpaired) electrons. The topological polar surface area (TPSA) is 26.0 Å². The molecule has 66 valence electrons. The fourth-order valence-electron chi connectivity index (χ4n) is 2.02. The minimum Gasteiger partial charge on any atom is -0.330 e. The molecule has 1 rings (SSSR count). The summed E-state index contributed by atoms with van der Waals surface area (Å²) in [5.41, 5.74) is 5.43. The van der Waals surface area contributed by atoms with Gasteiger partial charge in [-0.1, -0.05) is 19.3 Å². The Hall–Kier alpha value is -0.110. The summed E-state index contributed by atoms with van der Waals surface area (Å²) < 4.78 is 13.2. The molecule has 2 heteroatoms. The molecular formula is C9H18FN. The highest BCUT2D eigenvalue weighted by Crippen LogP contribution is 2.39. The van der Waals surface area contributed by atoms with Crippen LogP contribution in [0.25, 0.3) is 0 Å². The largest absolute Gasteiger partial charge is 0.330 e. The summed E-state index contributed by atoms with van der Waals surface area (Å²) in [7, 11) is 0. The Kier molecular flexibility index (Phi) is 2.88. The van der Waals surface area contributed by atoms with E-state index in [0.29, 0.717) is 6.54 Å². The van der Waals surface area contributed by atoms with Gasteiger partial charge in [-0.05, 0) is 19.8 Å². The summed E-state index contributed by atoms with van der Waals surface area (Å²) in [6.07, 6.45) is 4.82. The van der Waals surface area contributed by atoms with Crippen molar-refractivity contribution in [2.24, 2.45) is 11.1 Å². The molecule has 0 saturated heterocycles. The molecular weight excluding hydrogens is 141 g/mol. The molecule has 1 aliphatic carbocycles. The summed E-state index contributed by atoms with van der Waals surface area (Å²) in [6, 6.07) is 0. The van der Waals surface area contributed by atoms with E-state index >= 15 is 0 Å². The average molecular weight is 159 g/mol. The smallest absolute Gasteiger partial charge is 0.104 e. The van der Waals surface area contributed by atoms with Crippen LogP contribution in [0.5, 0.6) is 0 Å². The van der Waals surface area contributed by atoms with Gasteiger partial charge in [-0.15, -0.1) is 0 Å². The highest BCUT2D eigenvalue weighted by atomic mass is 19.1. The molecule has 1 atom stereocenters. The van der Waals surface area contributed by atoms with Crippen molar-refractivity contribution < 1.29 is 4.39 Å². The maximum atomic E-state index is 13.2. The Bertz CT molecular complexity index is 117. The predicted octanol–water partition coefficient (Wildman–Crippen LogP) is 2.25. The molecule has 1 nitrogen and oxygen atoms in total. The van der Waals surface area contributed by atoms with E-state index in [2.05, 4.69) is 0 Å². The first kappa shape index (κ1) is 8.98. The van der Waals surface area contributed by atoms with Crippen molar-refractivity contribution >= 4 is 0 Å². The fourth-order valence-corrected chi connectivity index (χ4v) is 2.02. The highest BCUT2D eigenvalue weighted by Gasteiger charge is 2.36. The number of nitrogens with two attached hydrogens (primary N) is 1. The standard InChI is InChI=1S/C9H18FN/c1-8(10)9(7-11)5-3-2-4-6-9/h8H,2-7,11H2,1H3. The van der Waals surface area contributed by atoms with Gasteiger partial charge in [0.05, 0.1) is 0 Å². The van der Waals surface area contributed by atoms with Crippen LogP contribution in [0.2, 0.25) is 0 Å². The van der Waals surface area contributed by atoms with Gasteiger partial charge in [-0.25, -0.2) is 4.39 Å². The molecule has 1 aliphatic rings. The van der Waals surface area contributed by atoms with Crippen molar-refractivity contribution in [1.82, 2.24) is 0 Å². The van der Waals surface area contributed by atoms with Crippen LogP contribution in [-0.4, -0.2) is 12.7 Å². The Labute approximate surface area is 68.2 Å². The Balaban J connectivity index is 2.57. The van der Waals surface area contributed by atoms with Crippen molar-refractivity contribution in [2.45, 2.75) is 45.2 Å². The van der Waals surface area contributed by atoms with Gasteiger partial charge in [0.2, 0.25) is 0 Å². The number of halogens is 1. The number of hydrogen-bond donors (Lipinski definition) is 1. The third kappa shape index (κ3) is 1.73. The fraction of sp³-hybridized carbons (Fsp3) is 1.00. The van der Waals surface area contributed by atoms with E-state index in [0.717, 1.165) is 25.7 Å². The second kappa shape index (κ2) is 3.53. The second-order valence-electron chi connectivity index (χ2n) is 3.74. The minimum absolute atomic E-state index is 0.168. The number of rotatable bonds is 2. The van der Waals surface area contributed by atoms with Gasteiger partial charge in [0.15, 0.2) is 0 Å². The minimum atomic E-state index is -0.729. The second-order valence-corrected chi connectivity index (χ2v) is 3.74. The molecule has 1 saturated carbocycles. The Morgan fingerprint density at radius 1 is 1.36 bits per heavy atom. The zero-order valence-corrected chi connectivity index (χ0v) is 7.28. The molecule has 0 amide bonds. The highest BCUT2D eigenvalue weighted by molar-refractivity contribution is 4.88. The predicted molar refractivity (Wildman–Crippen MR) is 45.1 cm³/mol. The van der Waals surface area contributed by atoms with Crippen molar-refractivity contribution in [2.75, 3.05) is 6.54 Å². The van der Waals surface area contributed by atoms with Crippen molar-refractivity contribution in [3.05, 3.63) is 0 Å². The van der Waals surface area contributed by atoms with Crippen LogP contribution in [0.4, 0.5) is 4.39 Å². The van der Waals surface area contributed by atoms with Crippen LogP contribution in [0.15, 0.2) is 0 Å². The van der Waals surface area contributed by atoms with E-state index in [9.17, 15) is 4.39 Å². The van der Waals surface area contributed by atoms with E-state index in [-0.39, 0.29) is 5.41 Å². The van der Waals surface area contributed by atoms with Crippen molar-refractivity contribution in [3.63, 3.8) is 0 Å². The van der Waals surface area contributed by atoms with Gasteiger partial charge in [-0.2, -0.15) is 0 Å². The molecule has 0 aliphatic heterocycles. The lowest BCUT2D eigenvalue weighted by molar-refractivity contribution is 0.0808. The lowest BCUT2D eigenvalue weighted by atomic mass is 9.71.